The molecule has 1 N–H and O–H groups in total. The molecule has 1 amide bonds. The molecule has 0 aromatic heterocycles. The van der Waals surface area contributed by atoms with Crippen LogP contribution in [0, 0.1) is 5.41 Å². The highest BCUT2D eigenvalue weighted by atomic mass is 35.5. The molecule has 0 aliphatic rings. The maximum atomic E-state index is 12.5. The van der Waals surface area contributed by atoms with Crippen LogP contribution < -0.4 is 5.32 Å². The molecule has 0 unspecified atom stereocenters. The van der Waals surface area contributed by atoms with E-state index < -0.39 is 0 Å². The third-order valence-corrected chi connectivity index (χ3v) is 2.87. The van der Waals surface area contributed by atoms with Crippen molar-refractivity contribution in [3.63, 3.8) is 0 Å². The van der Waals surface area contributed by atoms with Gasteiger partial charge in [0.25, 0.3) is 5.91 Å². The molecule has 1 aromatic rings. The minimum atomic E-state index is -0.00613. The molecule has 1 rings (SSSR count). The molecule has 0 radical (unpaired) electrons. The Morgan fingerprint density at radius 1 is 1.37 bits per heavy atom. The molecule has 0 atom stereocenters. The lowest BCUT2D eigenvalue weighted by Gasteiger charge is -2.27. The normalized spacial score (nSPS) is 11.3. The predicted octanol–water partition coefficient (Wildman–Crippen LogP) is 3.89. The maximum absolute atomic E-state index is 12.5. The van der Waals surface area contributed by atoms with Crippen molar-refractivity contribution < 1.29 is 4.79 Å². The summed E-state index contributed by atoms with van der Waals surface area (Å²) in [7, 11) is 1.82. The van der Waals surface area contributed by atoms with Crippen LogP contribution >= 0.6 is 11.6 Å². The van der Waals surface area contributed by atoms with Gasteiger partial charge in [0.15, 0.2) is 0 Å². The zero-order valence-corrected chi connectivity index (χ0v) is 13.1. The molecule has 0 saturated carbocycles. The fraction of sp³-hybridized carbons (Fsp3) is 0.533. The van der Waals surface area contributed by atoms with Crippen molar-refractivity contribution in [2.45, 2.75) is 27.7 Å². The second-order valence-electron chi connectivity index (χ2n) is 5.94. The minimum Gasteiger partial charge on any atom is -0.385 e. The maximum Gasteiger partial charge on any atom is 0.255 e. The summed E-state index contributed by atoms with van der Waals surface area (Å²) in [4.78, 5) is 14.2. The zero-order chi connectivity index (χ0) is 14.6. The van der Waals surface area contributed by atoms with Gasteiger partial charge < -0.3 is 10.2 Å². The van der Waals surface area contributed by atoms with E-state index in [0.717, 1.165) is 12.2 Å². The summed E-state index contributed by atoms with van der Waals surface area (Å²) in [5.41, 5.74) is 1.53. The lowest BCUT2D eigenvalue weighted by Crippen LogP contribution is -2.34. The van der Waals surface area contributed by atoms with Gasteiger partial charge in [0.05, 0.1) is 5.56 Å². The molecule has 0 aliphatic heterocycles. The van der Waals surface area contributed by atoms with Crippen molar-refractivity contribution >= 4 is 23.2 Å². The molecule has 0 spiro atoms. The third-order valence-electron chi connectivity index (χ3n) is 2.64. The fourth-order valence-electron chi connectivity index (χ4n) is 2.03. The number of nitrogens with zero attached hydrogens (tertiary/aromatic N) is 1. The summed E-state index contributed by atoms with van der Waals surface area (Å²) in [6.45, 7) is 9.80. The smallest absolute Gasteiger partial charge is 0.255 e. The highest BCUT2D eigenvalue weighted by Gasteiger charge is 2.21. The number of benzene rings is 1. The third kappa shape index (κ3) is 4.75. The lowest BCUT2D eigenvalue weighted by atomic mass is 9.96. The van der Waals surface area contributed by atoms with E-state index >= 15 is 0 Å². The van der Waals surface area contributed by atoms with Gasteiger partial charge in [0.2, 0.25) is 0 Å². The number of carbonyl (C=O) groups is 1. The molecule has 4 heteroatoms. The minimum absolute atomic E-state index is 0.00613. The SMILES string of the molecule is CCNc1ccc(Cl)cc1C(=O)N(C)CC(C)(C)C. The molecule has 0 aliphatic carbocycles. The van der Waals surface area contributed by atoms with Crippen molar-refractivity contribution in [1.82, 2.24) is 4.90 Å². The van der Waals surface area contributed by atoms with E-state index in [0.29, 0.717) is 17.1 Å². The van der Waals surface area contributed by atoms with Crippen LogP contribution in [0.1, 0.15) is 38.1 Å². The summed E-state index contributed by atoms with van der Waals surface area (Å²) >= 11 is 6.00. The van der Waals surface area contributed by atoms with Gasteiger partial charge in [-0.25, -0.2) is 0 Å². The van der Waals surface area contributed by atoms with Crippen LogP contribution in [0.4, 0.5) is 5.69 Å². The first kappa shape index (κ1) is 15.8. The summed E-state index contributed by atoms with van der Waals surface area (Å²) in [5.74, 6) is -0.00613. The molecule has 0 fully saturated rings. The van der Waals surface area contributed by atoms with Gasteiger partial charge in [-0.15, -0.1) is 0 Å². The summed E-state index contributed by atoms with van der Waals surface area (Å²) in [6, 6.07) is 5.37. The predicted molar refractivity (Wildman–Crippen MR) is 82.0 cm³/mol. The Kier molecular flexibility index (Phi) is 5.24. The standard InChI is InChI=1S/C15H23ClN2O/c1-6-17-13-8-7-11(16)9-12(13)14(19)18(5)10-15(2,3)4/h7-9,17H,6,10H2,1-5H3. The van der Waals surface area contributed by atoms with Gasteiger partial charge >= 0.3 is 0 Å². The average Bonchev–Trinajstić information content (AvgIpc) is 2.28. The van der Waals surface area contributed by atoms with Crippen LogP contribution in [0.5, 0.6) is 0 Å². The number of hydrogen-bond acceptors (Lipinski definition) is 2. The molecule has 106 valence electrons. The largest absolute Gasteiger partial charge is 0.385 e. The second-order valence-corrected chi connectivity index (χ2v) is 6.38. The van der Waals surface area contributed by atoms with E-state index in [4.69, 9.17) is 11.6 Å². The lowest BCUT2D eigenvalue weighted by molar-refractivity contribution is 0.0746. The Hall–Kier alpha value is -1.22. The van der Waals surface area contributed by atoms with Crippen LogP contribution in [-0.2, 0) is 0 Å². The average molecular weight is 283 g/mol. The number of rotatable bonds is 4. The Morgan fingerprint density at radius 3 is 2.53 bits per heavy atom. The van der Waals surface area contributed by atoms with Gasteiger partial charge in [0, 0.05) is 30.8 Å². The zero-order valence-electron chi connectivity index (χ0n) is 12.4. The highest BCUT2D eigenvalue weighted by molar-refractivity contribution is 6.31. The summed E-state index contributed by atoms with van der Waals surface area (Å²) in [5, 5.41) is 3.77. The molecule has 0 heterocycles. The van der Waals surface area contributed by atoms with Crippen LogP contribution in [0.25, 0.3) is 0 Å². The number of amides is 1. The molecular formula is C15H23ClN2O. The monoisotopic (exact) mass is 282 g/mol. The molecule has 3 nitrogen and oxygen atoms in total. The van der Waals surface area contributed by atoms with E-state index in [1.807, 2.05) is 20.0 Å². The first-order valence-corrected chi connectivity index (χ1v) is 6.91. The van der Waals surface area contributed by atoms with Crippen molar-refractivity contribution in [3.05, 3.63) is 28.8 Å². The summed E-state index contributed by atoms with van der Waals surface area (Å²) in [6.07, 6.45) is 0. The highest BCUT2D eigenvalue weighted by Crippen LogP contribution is 2.23. The van der Waals surface area contributed by atoms with E-state index in [2.05, 4.69) is 26.1 Å². The van der Waals surface area contributed by atoms with Crippen molar-refractivity contribution in [2.75, 3.05) is 25.5 Å². The topological polar surface area (TPSA) is 32.3 Å². The van der Waals surface area contributed by atoms with Crippen molar-refractivity contribution in [3.8, 4) is 0 Å². The van der Waals surface area contributed by atoms with Crippen LogP contribution in [0.15, 0.2) is 18.2 Å². The first-order chi connectivity index (χ1) is 8.74. The van der Waals surface area contributed by atoms with Crippen LogP contribution in [0.2, 0.25) is 5.02 Å². The van der Waals surface area contributed by atoms with E-state index in [1.54, 1.807) is 17.0 Å². The Labute approximate surface area is 120 Å². The van der Waals surface area contributed by atoms with Crippen molar-refractivity contribution in [1.29, 1.82) is 0 Å². The number of halogens is 1. The molecule has 1 aromatic carbocycles. The Balaban J connectivity index is 3.00. The molecule has 0 bridgehead atoms. The van der Waals surface area contributed by atoms with Gasteiger partial charge in [0.1, 0.15) is 0 Å². The number of nitrogens with one attached hydrogen (secondary N) is 1. The summed E-state index contributed by atoms with van der Waals surface area (Å²) < 4.78 is 0. The van der Waals surface area contributed by atoms with Gasteiger partial charge in [-0.1, -0.05) is 32.4 Å². The van der Waals surface area contributed by atoms with Gasteiger partial charge in [-0.2, -0.15) is 0 Å². The number of hydrogen-bond donors (Lipinski definition) is 1. The van der Waals surface area contributed by atoms with E-state index in [9.17, 15) is 4.79 Å². The second kappa shape index (κ2) is 6.29. The number of anilines is 1. The van der Waals surface area contributed by atoms with Crippen LogP contribution in [-0.4, -0.2) is 30.9 Å². The molecular weight excluding hydrogens is 260 g/mol. The van der Waals surface area contributed by atoms with E-state index in [1.165, 1.54) is 0 Å². The fourth-order valence-corrected chi connectivity index (χ4v) is 2.20. The molecule has 0 saturated heterocycles. The van der Waals surface area contributed by atoms with Crippen LogP contribution in [0.3, 0.4) is 0 Å². The Bertz CT molecular complexity index is 452. The first-order valence-electron chi connectivity index (χ1n) is 6.53. The quantitative estimate of drug-likeness (QED) is 0.909. The molecule has 19 heavy (non-hydrogen) atoms. The number of carbonyl (C=O) groups excluding carboxylic acids is 1. The Morgan fingerprint density at radius 2 is 2.00 bits per heavy atom. The van der Waals surface area contributed by atoms with E-state index in [-0.39, 0.29) is 11.3 Å². The van der Waals surface area contributed by atoms with Gasteiger partial charge in [-0.3, -0.25) is 4.79 Å². The van der Waals surface area contributed by atoms with Crippen molar-refractivity contribution in [2.24, 2.45) is 5.41 Å². The van der Waals surface area contributed by atoms with Gasteiger partial charge in [-0.05, 0) is 30.5 Å².